The van der Waals surface area contributed by atoms with Gasteiger partial charge >= 0.3 is 5.97 Å². The molecule has 0 bridgehead atoms. The van der Waals surface area contributed by atoms with Crippen molar-refractivity contribution in [1.82, 2.24) is 4.90 Å². The lowest BCUT2D eigenvalue weighted by Gasteiger charge is -2.19. The van der Waals surface area contributed by atoms with Crippen molar-refractivity contribution in [2.24, 2.45) is 0 Å². The first-order valence-electron chi connectivity index (χ1n) is 5.60. The van der Waals surface area contributed by atoms with Gasteiger partial charge in [-0.3, -0.25) is 0 Å². The van der Waals surface area contributed by atoms with Gasteiger partial charge in [0.15, 0.2) is 6.10 Å². The minimum absolute atomic E-state index is 0.266. The first-order chi connectivity index (χ1) is 7.99. The van der Waals surface area contributed by atoms with Crippen LogP contribution >= 0.6 is 0 Å². The molecule has 0 heterocycles. The molecular weight excluding hydrogens is 218 g/mol. The average Bonchev–Trinajstić information content (AvgIpc) is 2.75. The number of allylic oxidation sites excluding steroid dienone is 4. The molecule has 4 nitrogen and oxygen atoms in total. The van der Waals surface area contributed by atoms with Crippen LogP contribution in [0.4, 0.5) is 0 Å². The van der Waals surface area contributed by atoms with Gasteiger partial charge in [-0.15, -0.1) is 0 Å². The molecule has 1 unspecified atom stereocenters. The van der Waals surface area contributed by atoms with E-state index in [-0.39, 0.29) is 6.61 Å². The van der Waals surface area contributed by atoms with Gasteiger partial charge in [-0.1, -0.05) is 18.2 Å². The lowest BCUT2D eigenvalue weighted by Crippen LogP contribution is -2.26. The highest BCUT2D eigenvalue weighted by atomic mass is 16.5. The van der Waals surface area contributed by atoms with Gasteiger partial charge in [0.1, 0.15) is 0 Å². The number of hydrogen-bond donors (Lipinski definition) is 1. The van der Waals surface area contributed by atoms with Gasteiger partial charge in [-0.25, -0.2) is 4.79 Å². The number of carbonyl (C=O) groups excluding carboxylic acids is 1. The van der Waals surface area contributed by atoms with E-state index in [1.165, 1.54) is 0 Å². The summed E-state index contributed by atoms with van der Waals surface area (Å²) in [5.41, 5.74) is 2.46. The van der Waals surface area contributed by atoms with Crippen LogP contribution in [-0.2, 0) is 9.53 Å². The minimum atomic E-state index is -1.21. The maximum Gasteiger partial charge on any atom is 0.339 e. The average molecular weight is 237 g/mol. The maximum atomic E-state index is 11.5. The molecule has 94 valence electrons. The number of aliphatic hydroxyl groups excluding tert-OH is 1. The zero-order chi connectivity index (χ0) is 13.0. The molecule has 1 atom stereocenters. The van der Waals surface area contributed by atoms with E-state index in [0.717, 1.165) is 11.3 Å². The Morgan fingerprint density at radius 2 is 2.18 bits per heavy atom. The Kier molecular flexibility index (Phi) is 4.52. The molecule has 0 aromatic heterocycles. The van der Waals surface area contributed by atoms with E-state index in [2.05, 4.69) is 0 Å². The Balaban J connectivity index is 2.93. The van der Waals surface area contributed by atoms with Crippen LogP contribution in [-0.4, -0.2) is 42.8 Å². The Morgan fingerprint density at radius 3 is 2.71 bits per heavy atom. The van der Waals surface area contributed by atoms with Gasteiger partial charge in [0.2, 0.25) is 0 Å². The highest BCUT2D eigenvalue weighted by molar-refractivity contribution is 5.81. The predicted octanol–water partition coefficient (Wildman–Crippen LogP) is 1.24. The summed E-state index contributed by atoms with van der Waals surface area (Å²) in [6, 6.07) is 0. The van der Waals surface area contributed by atoms with Gasteiger partial charge in [-0.2, -0.15) is 0 Å². The van der Waals surface area contributed by atoms with Gasteiger partial charge in [-0.05, 0) is 19.4 Å². The molecule has 0 amide bonds. The number of nitrogens with zero attached hydrogens (tertiary/aromatic N) is 1. The van der Waals surface area contributed by atoms with Crippen LogP contribution in [0.1, 0.15) is 13.8 Å². The third-order valence-corrected chi connectivity index (χ3v) is 2.71. The van der Waals surface area contributed by atoms with Crippen LogP contribution in [0.25, 0.3) is 0 Å². The van der Waals surface area contributed by atoms with Gasteiger partial charge < -0.3 is 14.7 Å². The van der Waals surface area contributed by atoms with Crippen LogP contribution in [0, 0.1) is 0 Å². The fraction of sp³-hybridized carbons (Fsp3) is 0.462. The number of ether oxygens (including phenoxy) is 1. The molecule has 0 fully saturated rings. The first kappa shape index (κ1) is 13.5. The quantitative estimate of drug-likeness (QED) is 0.747. The van der Waals surface area contributed by atoms with E-state index in [0.29, 0.717) is 5.57 Å². The van der Waals surface area contributed by atoms with E-state index < -0.39 is 12.1 Å². The van der Waals surface area contributed by atoms with Crippen molar-refractivity contribution >= 4 is 5.97 Å². The molecule has 17 heavy (non-hydrogen) atoms. The number of carbonyl (C=O) groups is 1. The molecule has 1 aliphatic rings. The summed E-state index contributed by atoms with van der Waals surface area (Å²) >= 11 is 0. The number of esters is 1. The monoisotopic (exact) mass is 237 g/mol. The highest BCUT2D eigenvalue weighted by Crippen LogP contribution is 2.26. The van der Waals surface area contributed by atoms with Crippen LogP contribution in [0.3, 0.4) is 0 Å². The van der Waals surface area contributed by atoms with Crippen LogP contribution in [0.5, 0.6) is 0 Å². The van der Waals surface area contributed by atoms with Crippen molar-refractivity contribution in [2.45, 2.75) is 20.0 Å². The fourth-order valence-electron chi connectivity index (χ4n) is 1.59. The zero-order valence-electron chi connectivity index (χ0n) is 10.7. The number of aliphatic hydroxyl groups is 1. The topological polar surface area (TPSA) is 49.8 Å². The summed E-state index contributed by atoms with van der Waals surface area (Å²) < 4.78 is 4.81. The molecule has 0 saturated heterocycles. The van der Waals surface area contributed by atoms with E-state index in [4.69, 9.17) is 4.74 Å². The van der Waals surface area contributed by atoms with Crippen molar-refractivity contribution in [1.29, 1.82) is 0 Å². The SMILES string of the molecule is CCOC(=O)C(O)C1=CC=C/C1=C(/C)N(C)C. The standard InChI is InChI=1S/C13H19NO3/c1-5-17-13(16)12(15)11-8-6-7-10(11)9(2)14(3)4/h6-8,12,15H,5H2,1-4H3/b10-9+. The maximum absolute atomic E-state index is 11.5. The molecule has 0 aromatic carbocycles. The molecule has 0 aliphatic heterocycles. The van der Waals surface area contributed by atoms with Crippen LogP contribution in [0.2, 0.25) is 0 Å². The summed E-state index contributed by atoms with van der Waals surface area (Å²) in [6.07, 6.45) is 4.23. The van der Waals surface area contributed by atoms with Crippen molar-refractivity contribution < 1.29 is 14.6 Å². The van der Waals surface area contributed by atoms with Gasteiger partial charge in [0.25, 0.3) is 0 Å². The molecule has 1 N–H and O–H groups in total. The highest BCUT2D eigenvalue weighted by Gasteiger charge is 2.25. The Hall–Kier alpha value is -1.55. The minimum Gasteiger partial charge on any atom is -0.464 e. The predicted molar refractivity (Wildman–Crippen MR) is 66.2 cm³/mol. The second kappa shape index (κ2) is 5.68. The Bertz CT molecular complexity index is 391. The van der Waals surface area contributed by atoms with Crippen molar-refractivity contribution in [3.8, 4) is 0 Å². The van der Waals surface area contributed by atoms with Crippen molar-refractivity contribution in [3.63, 3.8) is 0 Å². The van der Waals surface area contributed by atoms with Gasteiger partial charge in [0, 0.05) is 25.4 Å². The number of hydrogen-bond acceptors (Lipinski definition) is 4. The van der Waals surface area contributed by atoms with Crippen molar-refractivity contribution in [3.05, 3.63) is 35.1 Å². The number of rotatable bonds is 4. The van der Waals surface area contributed by atoms with E-state index in [1.54, 1.807) is 13.0 Å². The van der Waals surface area contributed by atoms with E-state index in [9.17, 15) is 9.90 Å². The molecule has 0 spiro atoms. The summed E-state index contributed by atoms with van der Waals surface area (Å²) in [7, 11) is 3.84. The fourth-order valence-corrected chi connectivity index (χ4v) is 1.59. The molecule has 0 aromatic rings. The third-order valence-electron chi connectivity index (χ3n) is 2.71. The Labute approximate surface area is 102 Å². The first-order valence-corrected chi connectivity index (χ1v) is 5.60. The van der Waals surface area contributed by atoms with E-state index in [1.807, 2.05) is 38.1 Å². The van der Waals surface area contributed by atoms with E-state index >= 15 is 0 Å². The smallest absolute Gasteiger partial charge is 0.339 e. The largest absolute Gasteiger partial charge is 0.464 e. The summed E-state index contributed by atoms with van der Waals surface area (Å²) in [4.78, 5) is 13.4. The molecule has 1 rings (SSSR count). The normalized spacial score (nSPS) is 18.8. The molecule has 1 aliphatic carbocycles. The Morgan fingerprint density at radius 1 is 1.53 bits per heavy atom. The van der Waals surface area contributed by atoms with Crippen LogP contribution < -0.4 is 0 Å². The summed E-state index contributed by atoms with van der Waals surface area (Å²) in [5.74, 6) is -0.605. The summed E-state index contributed by atoms with van der Waals surface area (Å²) in [6.45, 7) is 3.92. The summed E-state index contributed by atoms with van der Waals surface area (Å²) in [5, 5.41) is 9.91. The lowest BCUT2D eigenvalue weighted by molar-refractivity contribution is -0.150. The zero-order valence-corrected chi connectivity index (χ0v) is 10.7. The molecule has 4 heteroatoms. The second-order valence-corrected chi connectivity index (χ2v) is 4.03. The van der Waals surface area contributed by atoms with Gasteiger partial charge in [0.05, 0.1) is 6.61 Å². The molecule has 0 radical (unpaired) electrons. The lowest BCUT2D eigenvalue weighted by atomic mass is 10.0. The van der Waals surface area contributed by atoms with Crippen molar-refractivity contribution in [2.75, 3.05) is 20.7 Å². The third kappa shape index (κ3) is 2.97. The second-order valence-electron chi connectivity index (χ2n) is 4.03. The molecule has 0 saturated carbocycles. The molecular formula is C13H19NO3. The van der Waals surface area contributed by atoms with Crippen LogP contribution in [0.15, 0.2) is 35.1 Å².